The molecule has 10 heavy (non-hydrogen) atoms. The molecule has 2 heteroatoms. The molecule has 0 heterocycles. The predicted octanol–water partition coefficient (Wildman–Crippen LogP) is 0.892. The van der Waals surface area contributed by atoms with Gasteiger partial charge in [0.05, 0.1) is 0 Å². The number of hydrogen-bond acceptors (Lipinski definition) is 1. The molecule has 0 atom stereocenters. The molecule has 0 unspecified atom stereocenters. The van der Waals surface area contributed by atoms with Gasteiger partial charge >= 0.3 is 0 Å². The van der Waals surface area contributed by atoms with Crippen molar-refractivity contribution in [3.8, 4) is 0 Å². The largest absolute Gasteiger partial charge is 0.304 e. The third-order valence-corrected chi connectivity index (χ3v) is 1.73. The summed E-state index contributed by atoms with van der Waals surface area (Å²) in [6.45, 7) is 7.12. The van der Waals surface area contributed by atoms with E-state index < -0.39 is 10.0 Å². The van der Waals surface area contributed by atoms with Crippen LogP contribution in [-0.2, 0) is 0 Å². The lowest BCUT2D eigenvalue weighted by atomic mass is 10.3. The highest BCUT2D eigenvalue weighted by Gasteiger charge is 1.98. The predicted molar refractivity (Wildman–Crippen MR) is 51.8 cm³/mol. The van der Waals surface area contributed by atoms with E-state index in [4.69, 9.17) is 3.70 Å². The topological polar surface area (TPSA) is 3.24 Å². The van der Waals surface area contributed by atoms with Gasteiger partial charge in [0.1, 0.15) is 0 Å². The number of hydrogen-bond donors (Lipinski definition) is 0. The molecule has 1 nitrogen and oxygen atoms in total. The van der Waals surface area contributed by atoms with Crippen molar-refractivity contribution in [1.29, 1.82) is 3.70 Å². The lowest BCUT2D eigenvalue weighted by Gasteiger charge is -2.19. The minimum atomic E-state index is -3.07. The van der Waals surface area contributed by atoms with E-state index in [-0.39, 0.29) is 0 Å². The van der Waals surface area contributed by atoms with Crippen LogP contribution in [0, 0.1) is 0 Å². The Morgan fingerprint density at radius 1 is 1.20 bits per heavy atom. The summed E-state index contributed by atoms with van der Waals surface area (Å²) in [5, 5.41) is 0. The molecule has 0 aliphatic rings. The van der Waals surface area contributed by atoms with E-state index in [1.807, 2.05) is 0 Å². The Bertz CT molecular complexity index is 121. The van der Waals surface area contributed by atoms with Crippen LogP contribution in [-0.4, -0.2) is 38.3 Å². The quantitative estimate of drug-likeness (QED) is 0.507. The summed E-state index contributed by atoms with van der Waals surface area (Å²) in [6.07, 6.45) is 2.23. The van der Waals surface area contributed by atoms with E-state index >= 15 is 0 Å². The first kappa shape index (κ1) is 5.78. The Morgan fingerprint density at radius 3 is 2.20 bits per heavy atom. The van der Waals surface area contributed by atoms with Gasteiger partial charge in [0.25, 0.3) is 0 Å². The SMILES string of the molecule is [3H][Si]([3H])([3H])CCN(CCC)CCC. The van der Waals surface area contributed by atoms with Gasteiger partial charge in [-0.15, -0.1) is 0 Å². The first-order chi connectivity index (χ1) is 5.99. The van der Waals surface area contributed by atoms with Crippen LogP contribution >= 0.6 is 0 Å². The van der Waals surface area contributed by atoms with Gasteiger partial charge in [-0.1, -0.05) is 19.9 Å². The van der Waals surface area contributed by atoms with Crippen LogP contribution in [0.5, 0.6) is 0 Å². The molecule has 0 rings (SSSR count). The fourth-order valence-electron chi connectivity index (χ4n) is 1.13. The fraction of sp³-hybridized carbons (Fsp3) is 1.00. The van der Waals surface area contributed by atoms with E-state index in [1.54, 1.807) is 0 Å². The summed E-state index contributed by atoms with van der Waals surface area (Å²) in [4.78, 5) is 2.26. The second-order valence-electron chi connectivity index (χ2n) is 2.59. The Hall–Kier alpha value is 0.177. The second-order valence-corrected chi connectivity index (χ2v) is 3.09. The Kier molecular flexibility index (Phi) is 4.21. The van der Waals surface area contributed by atoms with Gasteiger partial charge < -0.3 is 4.90 Å². The molecule has 0 aromatic rings. The van der Waals surface area contributed by atoms with Crippen molar-refractivity contribution in [2.45, 2.75) is 32.7 Å². The molecule has 0 saturated heterocycles. The van der Waals surface area contributed by atoms with Gasteiger partial charge in [0.2, 0.25) is 0 Å². The second kappa shape index (κ2) is 7.29. The average molecular weight is 165 g/mol. The zero-order valence-electron chi connectivity index (χ0n) is 10.2. The van der Waals surface area contributed by atoms with Crippen molar-refractivity contribution < 1.29 is 0 Å². The van der Waals surface area contributed by atoms with Crippen molar-refractivity contribution >= 4 is 10.0 Å². The summed E-state index contributed by atoms with van der Waals surface area (Å²) >= 11 is 0. The fourth-order valence-corrected chi connectivity index (χ4v) is 1.44. The van der Waals surface area contributed by atoms with Crippen molar-refractivity contribution in [1.82, 2.24) is 4.90 Å². The third-order valence-electron chi connectivity index (χ3n) is 1.51. The molecular formula is C8H21NSi. The Balaban J connectivity index is 3.68. The van der Waals surface area contributed by atoms with Crippen LogP contribution in [0.2, 0.25) is 6.04 Å². The van der Waals surface area contributed by atoms with Crippen molar-refractivity contribution in [2.75, 3.05) is 19.6 Å². The maximum atomic E-state index is 7.24. The smallest absolute Gasteiger partial charge is 0.00734 e. The lowest BCUT2D eigenvalue weighted by Crippen LogP contribution is -2.26. The van der Waals surface area contributed by atoms with Crippen molar-refractivity contribution in [3.63, 3.8) is 0 Å². The van der Waals surface area contributed by atoms with E-state index in [2.05, 4.69) is 18.7 Å². The zero-order valence-corrected chi connectivity index (χ0v) is 8.19. The third kappa shape index (κ3) is 5.00. The summed E-state index contributed by atoms with van der Waals surface area (Å²) in [6, 6.07) is 0.451. The highest BCUT2D eigenvalue weighted by Crippen LogP contribution is 1.94. The molecule has 0 aromatic heterocycles. The average Bonchev–Trinajstić information content (AvgIpc) is 2.00. The van der Waals surface area contributed by atoms with Crippen LogP contribution in [0.4, 0.5) is 0 Å². The van der Waals surface area contributed by atoms with Gasteiger partial charge in [0, 0.05) is 13.7 Å². The van der Waals surface area contributed by atoms with Crippen molar-refractivity contribution in [3.05, 3.63) is 0 Å². The summed E-state index contributed by atoms with van der Waals surface area (Å²) in [5.41, 5.74) is 0. The van der Waals surface area contributed by atoms with Crippen LogP contribution in [0.15, 0.2) is 0 Å². The first-order valence-corrected chi connectivity index (χ1v) is 4.92. The number of nitrogens with zero attached hydrogens (tertiary/aromatic N) is 1. The monoisotopic (exact) mass is 165 g/mol. The molecule has 0 radical (unpaired) electrons. The number of rotatable bonds is 7. The van der Waals surface area contributed by atoms with Gasteiger partial charge in [-0.2, -0.15) is 0 Å². The Labute approximate surface area is 71.9 Å². The van der Waals surface area contributed by atoms with Gasteiger partial charge in [-0.25, -0.2) is 0 Å². The standard InChI is InChI=1S/C8H21NSi/c1-3-5-9(6-4-2)7-8-10/h3-8H2,1-2,10H3/i10T3. The molecule has 0 spiro atoms. The molecule has 0 saturated carbocycles. The van der Waals surface area contributed by atoms with Crippen LogP contribution < -0.4 is 0 Å². The Morgan fingerprint density at radius 2 is 1.80 bits per heavy atom. The first-order valence-electron chi connectivity index (χ1n) is 5.72. The summed E-state index contributed by atoms with van der Waals surface area (Å²) in [5.74, 6) is 0. The van der Waals surface area contributed by atoms with Gasteiger partial charge in [-0.05, 0) is 32.5 Å². The minimum Gasteiger partial charge on any atom is -0.304 e. The highest BCUT2D eigenvalue weighted by molar-refractivity contribution is 6.08. The van der Waals surface area contributed by atoms with E-state index in [1.165, 1.54) is 0 Å². The van der Waals surface area contributed by atoms with Gasteiger partial charge in [0.15, 0.2) is 0 Å². The van der Waals surface area contributed by atoms with Crippen LogP contribution in [0.3, 0.4) is 0 Å². The maximum Gasteiger partial charge on any atom is 0.00734 e. The summed E-state index contributed by atoms with van der Waals surface area (Å²) in [7, 11) is -3.07. The van der Waals surface area contributed by atoms with Crippen LogP contribution in [0.25, 0.3) is 0 Å². The maximum absolute atomic E-state index is 7.24. The zero-order chi connectivity index (χ0) is 10.3. The molecule has 0 aromatic carbocycles. The molecule has 0 fully saturated rings. The normalized spacial score (nSPS) is 16.5. The van der Waals surface area contributed by atoms with Crippen molar-refractivity contribution in [2.24, 2.45) is 0 Å². The molecule has 0 bridgehead atoms. The molecular weight excluding hydrogens is 138 g/mol. The van der Waals surface area contributed by atoms with E-state index in [0.717, 1.165) is 32.5 Å². The molecule has 0 aliphatic carbocycles. The van der Waals surface area contributed by atoms with E-state index in [0.29, 0.717) is 6.04 Å². The van der Waals surface area contributed by atoms with Crippen LogP contribution in [0.1, 0.15) is 26.7 Å². The molecule has 0 aliphatic heterocycles. The highest BCUT2D eigenvalue weighted by atomic mass is 28.1. The summed E-state index contributed by atoms with van der Waals surface area (Å²) < 4.78 is 21.7. The molecule has 0 N–H and O–H groups in total. The van der Waals surface area contributed by atoms with E-state index in [9.17, 15) is 0 Å². The van der Waals surface area contributed by atoms with Gasteiger partial charge in [-0.3, -0.25) is 0 Å². The molecule has 62 valence electrons. The lowest BCUT2D eigenvalue weighted by molar-refractivity contribution is 0.289. The molecule has 0 amide bonds. The minimum absolute atomic E-state index is 0.451.